The molecule has 8 nitrogen and oxygen atoms in total. The Bertz CT molecular complexity index is 607. The average molecular weight is 492 g/mol. The van der Waals surface area contributed by atoms with Crippen LogP contribution in [0.5, 0.6) is 0 Å². The van der Waals surface area contributed by atoms with Crippen LogP contribution in [0.4, 0.5) is 5.69 Å². The molecule has 2 rings (SSSR count). The number of nitro benzene ring substituents is 1. The molecule has 9 heteroatoms. The van der Waals surface area contributed by atoms with Crippen molar-refractivity contribution in [1.82, 2.24) is 10.2 Å². The number of piperidine rings is 1. The third-order valence-electron chi connectivity index (χ3n) is 4.37. The quantitative estimate of drug-likeness (QED) is 0.150. The van der Waals surface area contributed by atoms with E-state index in [0.29, 0.717) is 6.54 Å². The predicted molar refractivity (Wildman–Crippen MR) is 116 cm³/mol. The summed E-state index contributed by atoms with van der Waals surface area (Å²) in [6, 6.07) is 6.65. The normalized spacial score (nSPS) is 15.3. The van der Waals surface area contributed by atoms with Crippen molar-refractivity contribution in [3.05, 3.63) is 39.9 Å². The van der Waals surface area contributed by atoms with Crippen molar-refractivity contribution in [1.29, 1.82) is 0 Å². The van der Waals surface area contributed by atoms with E-state index >= 15 is 0 Å². The standard InChI is InChI=1S/C18H28N4O4.HI/c1-19-18(20-14-15-5-3-6-16(13-15)22(23)24)21-9-7-17(8-10-21)26-12-4-11-25-2;/h3,5-6,13,17H,4,7-12,14H2,1-2H3,(H,19,20);1H. The fourth-order valence-corrected chi connectivity index (χ4v) is 2.98. The lowest BCUT2D eigenvalue weighted by Crippen LogP contribution is -2.46. The minimum atomic E-state index is -0.379. The molecule has 0 spiro atoms. The molecule has 1 N–H and O–H groups in total. The molecule has 152 valence electrons. The second-order valence-corrected chi connectivity index (χ2v) is 6.23. The van der Waals surface area contributed by atoms with Crippen LogP contribution < -0.4 is 5.32 Å². The van der Waals surface area contributed by atoms with E-state index in [0.717, 1.165) is 57.1 Å². The lowest BCUT2D eigenvalue weighted by atomic mass is 10.1. The molecular formula is C18H29IN4O4. The van der Waals surface area contributed by atoms with Crippen LogP contribution in [-0.2, 0) is 16.0 Å². The fraction of sp³-hybridized carbons (Fsp3) is 0.611. The van der Waals surface area contributed by atoms with Crippen LogP contribution in [0.2, 0.25) is 0 Å². The molecule has 0 aromatic heterocycles. The molecule has 0 radical (unpaired) electrons. The molecule has 0 unspecified atom stereocenters. The summed E-state index contributed by atoms with van der Waals surface area (Å²) in [5, 5.41) is 14.2. The summed E-state index contributed by atoms with van der Waals surface area (Å²) in [6.07, 6.45) is 3.14. The number of nitrogens with zero attached hydrogens (tertiary/aromatic N) is 3. The predicted octanol–water partition coefficient (Wildman–Crippen LogP) is 2.81. The van der Waals surface area contributed by atoms with Gasteiger partial charge in [0.1, 0.15) is 0 Å². The van der Waals surface area contributed by atoms with E-state index in [1.807, 2.05) is 6.07 Å². The van der Waals surface area contributed by atoms with Gasteiger partial charge < -0.3 is 19.7 Å². The van der Waals surface area contributed by atoms with E-state index in [-0.39, 0.29) is 40.7 Å². The van der Waals surface area contributed by atoms with Crippen LogP contribution in [-0.4, -0.2) is 62.3 Å². The Balaban J connectivity index is 0.00000364. The van der Waals surface area contributed by atoms with Crippen LogP contribution in [0, 0.1) is 10.1 Å². The van der Waals surface area contributed by atoms with Crippen LogP contribution in [0.3, 0.4) is 0 Å². The zero-order chi connectivity index (χ0) is 18.8. The number of likely N-dealkylation sites (tertiary alicyclic amines) is 1. The minimum Gasteiger partial charge on any atom is -0.385 e. The van der Waals surface area contributed by atoms with Gasteiger partial charge in [-0.1, -0.05) is 12.1 Å². The van der Waals surface area contributed by atoms with Crippen LogP contribution in [0.25, 0.3) is 0 Å². The minimum absolute atomic E-state index is 0. The Morgan fingerprint density at radius 3 is 2.74 bits per heavy atom. The van der Waals surface area contributed by atoms with Crippen LogP contribution in [0.1, 0.15) is 24.8 Å². The third-order valence-corrected chi connectivity index (χ3v) is 4.37. The third kappa shape index (κ3) is 7.97. The Kier molecular flexibility index (Phi) is 11.2. The molecule has 0 saturated carbocycles. The molecule has 0 bridgehead atoms. The van der Waals surface area contributed by atoms with Crippen molar-refractivity contribution in [3.63, 3.8) is 0 Å². The van der Waals surface area contributed by atoms with Gasteiger partial charge in [-0.15, -0.1) is 24.0 Å². The van der Waals surface area contributed by atoms with Gasteiger partial charge in [0.2, 0.25) is 0 Å². The second kappa shape index (κ2) is 12.8. The summed E-state index contributed by atoms with van der Waals surface area (Å²) in [4.78, 5) is 17.0. The summed E-state index contributed by atoms with van der Waals surface area (Å²) in [6.45, 7) is 3.72. The largest absolute Gasteiger partial charge is 0.385 e. The summed E-state index contributed by atoms with van der Waals surface area (Å²) in [5.74, 6) is 0.814. The first-order chi connectivity index (χ1) is 12.6. The van der Waals surface area contributed by atoms with Gasteiger partial charge in [-0.05, 0) is 24.8 Å². The highest BCUT2D eigenvalue weighted by Crippen LogP contribution is 2.15. The first-order valence-electron chi connectivity index (χ1n) is 8.93. The number of rotatable bonds is 8. The van der Waals surface area contributed by atoms with Crippen molar-refractivity contribution < 1.29 is 14.4 Å². The Morgan fingerprint density at radius 2 is 2.11 bits per heavy atom. The summed E-state index contributed by atoms with van der Waals surface area (Å²) < 4.78 is 10.9. The first-order valence-corrected chi connectivity index (χ1v) is 8.93. The number of ether oxygens (including phenoxy) is 2. The van der Waals surface area contributed by atoms with E-state index in [4.69, 9.17) is 9.47 Å². The Hall–Kier alpha value is -1.46. The van der Waals surface area contributed by atoms with E-state index < -0.39 is 0 Å². The molecular weight excluding hydrogens is 463 g/mol. The fourth-order valence-electron chi connectivity index (χ4n) is 2.98. The van der Waals surface area contributed by atoms with Gasteiger partial charge in [-0.25, -0.2) is 0 Å². The number of aliphatic imine (C=N–C) groups is 1. The van der Waals surface area contributed by atoms with Crippen molar-refractivity contribution in [3.8, 4) is 0 Å². The molecule has 1 aromatic carbocycles. The number of hydrogen-bond acceptors (Lipinski definition) is 5. The van der Waals surface area contributed by atoms with Crippen LogP contribution >= 0.6 is 24.0 Å². The van der Waals surface area contributed by atoms with Crippen molar-refractivity contribution in [2.24, 2.45) is 4.99 Å². The maximum atomic E-state index is 10.9. The smallest absolute Gasteiger partial charge is 0.269 e. The van der Waals surface area contributed by atoms with Gasteiger partial charge in [-0.2, -0.15) is 0 Å². The number of hydrogen-bond donors (Lipinski definition) is 1. The van der Waals surface area contributed by atoms with Crippen molar-refractivity contribution in [2.45, 2.75) is 31.9 Å². The molecule has 1 heterocycles. The summed E-state index contributed by atoms with van der Waals surface area (Å²) >= 11 is 0. The summed E-state index contributed by atoms with van der Waals surface area (Å²) in [5.41, 5.74) is 0.961. The maximum Gasteiger partial charge on any atom is 0.269 e. The number of nitrogens with one attached hydrogen (secondary N) is 1. The SMILES string of the molecule is CN=C(NCc1cccc([N+](=O)[O-])c1)N1CCC(OCCCOC)CC1.I. The molecule has 1 aliphatic rings. The summed E-state index contributed by atoms with van der Waals surface area (Å²) in [7, 11) is 3.45. The van der Waals surface area contributed by atoms with Gasteiger partial charge in [0.25, 0.3) is 5.69 Å². The highest BCUT2D eigenvalue weighted by Gasteiger charge is 2.21. The molecule has 1 fully saturated rings. The Morgan fingerprint density at radius 1 is 1.37 bits per heavy atom. The first kappa shape index (κ1) is 23.6. The number of nitro groups is 1. The van der Waals surface area contributed by atoms with Gasteiger partial charge >= 0.3 is 0 Å². The number of halogens is 1. The van der Waals surface area contributed by atoms with Crippen molar-refractivity contribution >= 4 is 35.6 Å². The Labute approximate surface area is 177 Å². The lowest BCUT2D eigenvalue weighted by molar-refractivity contribution is -0.384. The van der Waals surface area contributed by atoms with Gasteiger partial charge in [-0.3, -0.25) is 15.1 Å². The van der Waals surface area contributed by atoms with Gasteiger partial charge in [0.05, 0.1) is 11.0 Å². The van der Waals surface area contributed by atoms with E-state index in [1.165, 1.54) is 6.07 Å². The highest BCUT2D eigenvalue weighted by atomic mass is 127. The zero-order valence-electron chi connectivity index (χ0n) is 15.9. The number of benzene rings is 1. The number of methoxy groups -OCH3 is 1. The maximum absolute atomic E-state index is 10.9. The second-order valence-electron chi connectivity index (χ2n) is 6.23. The van der Waals surface area contributed by atoms with E-state index in [1.54, 1.807) is 26.3 Å². The molecule has 1 aliphatic heterocycles. The number of non-ortho nitro benzene ring substituents is 1. The molecule has 0 amide bonds. The molecule has 0 aliphatic carbocycles. The zero-order valence-corrected chi connectivity index (χ0v) is 18.3. The molecule has 1 saturated heterocycles. The number of guanidine groups is 1. The topological polar surface area (TPSA) is 89.2 Å². The lowest BCUT2D eigenvalue weighted by Gasteiger charge is -2.34. The van der Waals surface area contributed by atoms with Crippen molar-refractivity contribution in [2.75, 3.05) is 40.5 Å². The molecule has 27 heavy (non-hydrogen) atoms. The highest BCUT2D eigenvalue weighted by molar-refractivity contribution is 14.0. The average Bonchev–Trinajstić information content (AvgIpc) is 2.67. The van der Waals surface area contributed by atoms with Gasteiger partial charge in [0.15, 0.2) is 5.96 Å². The molecule has 0 atom stereocenters. The van der Waals surface area contributed by atoms with E-state index in [9.17, 15) is 10.1 Å². The van der Waals surface area contributed by atoms with Gasteiger partial charge in [0, 0.05) is 59.1 Å². The van der Waals surface area contributed by atoms with Crippen LogP contribution in [0.15, 0.2) is 29.3 Å². The monoisotopic (exact) mass is 492 g/mol. The van der Waals surface area contributed by atoms with E-state index in [2.05, 4.69) is 15.2 Å². The molecule has 1 aromatic rings.